The summed E-state index contributed by atoms with van der Waals surface area (Å²) in [6, 6.07) is 12.8. The second-order valence-corrected chi connectivity index (χ2v) is 7.56. The molecule has 4 nitrogen and oxygen atoms in total. The molecule has 0 radical (unpaired) electrons. The Balaban J connectivity index is 1.35. The van der Waals surface area contributed by atoms with E-state index in [-0.39, 0.29) is 0 Å². The summed E-state index contributed by atoms with van der Waals surface area (Å²) >= 11 is 0. The van der Waals surface area contributed by atoms with E-state index >= 15 is 0 Å². The standard InChI is InChI=1S/C22H28N2O2/c1-16-3-5-20(17(2)13-16)24-10-8-23(9-11-24)15-21(25)18-4-6-22-19(14-18)7-12-26-22/h3-6,13-14,21,25H,7-12,15H2,1-2H3. The number of aliphatic hydroxyl groups excluding tert-OH is 1. The predicted octanol–water partition coefficient (Wildman–Crippen LogP) is 3.09. The Morgan fingerprint density at radius 2 is 1.85 bits per heavy atom. The van der Waals surface area contributed by atoms with Gasteiger partial charge in [0.25, 0.3) is 0 Å². The Morgan fingerprint density at radius 3 is 2.62 bits per heavy atom. The predicted molar refractivity (Wildman–Crippen MR) is 105 cm³/mol. The van der Waals surface area contributed by atoms with Crippen LogP contribution in [0.2, 0.25) is 0 Å². The minimum Gasteiger partial charge on any atom is -0.493 e. The first-order valence-corrected chi connectivity index (χ1v) is 9.58. The van der Waals surface area contributed by atoms with Crippen LogP contribution in [0, 0.1) is 13.8 Å². The van der Waals surface area contributed by atoms with Crippen molar-refractivity contribution in [2.45, 2.75) is 26.4 Å². The first kappa shape index (κ1) is 17.4. The van der Waals surface area contributed by atoms with E-state index in [1.54, 1.807) is 0 Å². The lowest BCUT2D eigenvalue weighted by molar-refractivity contribution is 0.109. The number of rotatable bonds is 4. The number of hydrogen-bond donors (Lipinski definition) is 1. The average Bonchev–Trinajstić information content (AvgIpc) is 3.10. The summed E-state index contributed by atoms with van der Waals surface area (Å²) in [5.74, 6) is 0.975. The van der Waals surface area contributed by atoms with Crippen molar-refractivity contribution in [2.24, 2.45) is 0 Å². The summed E-state index contributed by atoms with van der Waals surface area (Å²) in [7, 11) is 0. The van der Waals surface area contributed by atoms with Gasteiger partial charge in [-0.3, -0.25) is 4.90 Å². The van der Waals surface area contributed by atoms with Gasteiger partial charge in [0.2, 0.25) is 0 Å². The van der Waals surface area contributed by atoms with Crippen LogP contribution in [0.3, 0.4) is 0 Å². The highest BCUT2D eigenvalue weighted by Gasteiger charge is 2.22. The van der Waals surface area contributed by atoms with Crippen molar-refractivity contribution in [3.63, 3.8) is 0 Å². The molecular weight excluding hydrogens is 324 g/mol. The number of hydrogen-bond acceptors (Lipinski definition) is 4. The smallest absolute Gasteiger partial charge is 0.122 e. The lowest BCUT2D eigenvalue weighted by Crippen LogP contribution is -2.47. The molecule has 1 saturated heterocycles. The maximum Gasteiger partial charge on any atom is 0.122 e. The molecule has 138 valence electrons. The summed E-state index contributed by atoms with van der Waals surface area (Å²) in [6.07, 6.45) is 0.512. The molecule has 26 heavy (non-hydrogen) atoms. The van der Waals surface area contributed by atoms with Crippen LogP contribution in [0.1, 0.15) is 28.4 Å². The van der Waals surface area contributed by atoms with E-state index in [2.05, 4.69) is 47.9 Å². The van der Waals surface area contributed by atoms with Gasteiger partial charge in [-0.05, 0) is 48.7 Å². The molecule has 1 atom stereocenters. The summed E-state index contributed by atoms with van der Waals surface area (Å²) in [4.78, 5) is 4.83. The number of β-amino-alcohol motifs (C(OH)–C–C–N with tert-alkyl or cyclic N) is 1. The molecule has 0 aromatic heterocycles. The molecule has 2 aromatic rings. The fourth-order valence-corrected chi connectivity index (χ4v) is 4.10. The van der Waals surface area contributed by atoms with Gasteiger partial charge < -0.3 is 14.7 Å². The maximum atomic E-state index is 10.7. The van der Waals surface area contributed by atoms with Gasteiger partial charge in [-0.25, -0.2) is 0 Å². The van der Waals surface area contributed by atoms with Crippen molar-refractivity contribution in [1.29, 1.82) is 0 Å². The van der Waals surface area contributed by atoms with Gasteiger partial charge in [-0.1, -0.05) is 23.8 Å². The minimum atomic E-state index is -0.437. The number of fused-ring (bicyclic) bond motifs is 1. The summed E-state index contributed by atoms with van der Waals surface area (Å²) in [6.45, 7) is 9.77. The third-order valence-electron chi connectivity index (χ3n) is 5.59. The molecule has 1 unspecified atom stereocenters. The van der Waals surface area contributed by atoms with Gasteiger partial charge in [0.15, 0.2) is 0 Å². The molecule has 0 amide bonds. The second kappa shape index (κ2) is 7.29. The lowest BCUT2D eigenvalue weighted by Gasteiger charge is -2.37. The minimum absolute atomic E-state index is 0.437. The Kier molecular flexibility index (Phi) is 4.88. The zero-order valence-electron chi connectivity index (χ0n) is 15.7. The average molecular weight is 352 g/mol. The van der Waals surface area contributed by atoms with E-state index in [1.165, 1.54) is 22.4 Å². The van der Waals surface area contributed by atoms with Crippen LogP contribution >= 0.6 is 0 Å². The van der Waals surface area contributed by atoms with Crippen molar-refractivity contribution in [2.75, 3.05) is 44.2 Å². The van der Waals surface area contributed by atoms with Gasteiger partial charge in [0.1, 0.15) is 5.75 Å². The largest absolute Gasteiger partial charge is 0.493 e. The first-order chi connectivity index (χ1) is 12.6. The zero-order valence-corrected chi connectivity index (χ0v) is 15.7. The number of aliphatic hydroxyl groups is 1. The molecule has 0 aliphatic carbocycles. The molecule has 4 heteroatoms. The molecule has 2 aliphatic heterocycles. The normalized spacial score (nSPS) is 18.5. The first-order valence-electron chi connectivity index (χ1n) is 9.58. The van der Waals surface area contributed by atoms with Gasteiger partial charge >= 0.3 is 0 Å². The van der Waals surface area contributed by atoms with Gasteiger partial charge in [-0.2, -0.15) is 0 Å². The van der Waals surface area contributed by atoms with Crippen molar-refractivity contribution in [1.82, 2.24) is 4.90 Å². The van der Waals surface area contributed by atoms with Gasteiger partial charge in [0.05, 0.1) is 12.7 Å². The van der Waals surface area contributed by atoms with E-state index in [0.717, 1.165) is 50.5 Å². The highest BCUT2D eigenvalue weighted by Crippen LogP contribution is 2.29. The van der Waals surface area contributed by atoms with Gasteiger partial charge in [0, 0.05) is 44.8 Å². The summed E-state index contributed by atoms with van der Waals surface area (Å²) in [5.41, 5.74) is 6.23. The molecule has 0 bridgehead atoms. The molecule has 1 fully saturated rings. The Morgan fingerprint density at radius 1 is 1.04 bits per heavy atom. The van der Waals surface area contributed by atoms with Gasteiger partial charge in [-0.15, -0.1) is 0 Å². The van der Waals surface area contributed by atoms with Crippen LogP contribution in [0.5, 0.6) is 5.75 Å². The summed E-state index contributed by atoms with van der Waals surface area (Å²) < 4.78 is 5.56. The van der Waals surface area contributed by atoms with Crippen LogP contribution in [0.4, 0.5) is 5.69 Å². The number of nitrogens with zero attached hydrogens (tertiary/aromatic N) is 2. The number of anilines is 1. The number of aryl methyl sites for hydroxylation is 2. The third kappa shape index (κ3) is 3.57. The molecule has 1 N–H and O–H groups in total. The number of ether oxygens (including phenoxy) is 1. The molecule has 2 aromatic carbocycles. The monoisotopic (exact) mass is 352 g/mol. The number of benzene rings is 2. The molecule has 2 heterocycles. The topological polar surface area (TPSA) is 35.9 Å². The van der Waals surface area contributed by atoms with Crippen LogP contribution in [-0.2, 0) is 6.42 Å². The molecule has 4 rings (SSSR count). The van der Waals surface area contributed by atoms with E-state index in [9.17, 15) is 5.11 Å². The highest BCUT2D eigenvalue weighted by atomic mass is 16.5. The second-order valence-electron chi connectivity index (χ2n) is 7.56. The highest BCUT2D eigenvalue weighted by molar-refractivity contribution is 5.54. The van der Waals surface area contributed by atoms with Crippen LogP contribution in [0.25, 0.3) is 0 Å². The third-order valence-corrected chi connectivity index (χ3v) is 5.59. The lowest BCUT2D eigenvalue weighted by atomic mass is 10.0. The quantitative estimate of drug-likeness (QED) is 0.917. The van der Waals surface area contributed by atoms with E-state index in [1.807, 2.05) is 12.1 Å². The Bertz CT molecular complexity index is 782. The Hall–Kier alpha value is -2.04. The van der Waals surface area contributed by atoms with Crippen LogP contribution < -0.4 is 9.64 Å². The van der Waals surface area contributed by atoms with E-state index < -0.39 is 6.10 Å². The molecule has 0 saturated carbocycles. The Labute approximate surface area is 156 Å². The molecular formula is C22H28N2O2. The van der Waals surface area contributed by atoms with Crippen molar-refractivity contribution in [3.8, 4) is 5.75 Å². The van der Waals surface area contributed by atoms with Crippen LogP contribution in [0.15, 0.2) is 36.4 Å². The maximum absolute atomic E-state index is 10.7. The van der Waals surface area contributed by atoms with E-state index in [0.29, 0.717) is 6.54 Å². The number of piperazine rings is 1. The summed E-state index contributed by atoms with van der Waals surface area (Å²) in [5, 5.41) is 10.7. The zero-order chi connectivity index (χ0) is 18.1. The molecule has 2 aliphatic rings. The van der Waals surface area contributed by atoms with E-state index in [4.69, 9.17) is 4.74 Å². The van der Waals surface area contributed by atoms with Crippen molar-refractivity contribution < 1.29 is 9.84 Å². The molecule has 0 spiro atoms. The fraction of sp³-hybridized carbons (Fsp3) is 0.455. The fourth-order valence-electron chi connectivity index (χ4n) is 4.10. The van der Waals surface area contributed by atoms with Crippen molar-refractivity contribution >= 4 is 5.69 Å². The van der Waals surface area contributed by atoms with Crippen molar-refractivity contribution in [3.05, 3.63) is 58.7 Å². The van der Waals surface area contributed by atoms with Crippen LogP contribution in [-0.4, -0.2) is 49.3 Å². The SMILES string of the molecule is Cc1ccc(N2CCN(CC(O)c3ccc4c(c3)CCO4)CC2)c(C)c1.